The smallest absolute Gasteiger partial charge is 0.245 e. The maximum absolute atomic E-state index is 14.4. The van der Waals surface area contributed by atoms with Crippen molar-refractivity contribution < 1.29 is 24.0 Å². The lowest BCUT2D eigenvalue weighted by atomic mass is 9.74. The molecule has 3 atom stereocenters. The van der Waals surface area contributed by atoms with Crippen LogP contribution in [0.2, 0.25) is 0 Å². The second-order valence-electron chi connectivity index (χ2n) is 13.2. The van der Waals surface area contributed by atoms with Gasteiger partial charge in [-0.1, -0.05) is 79.2 Å². The second kappa shape index (κ2) is 19.1. The molecule has 1 aliphatic heterocycles. The van der Waals surface area contributed by atoms with E-state index in [2.05, 4.69) is 40.0 Å². The fourth-order valence-corrected chi connectivity index (χ4v) is 6.97. The van der Waals surface area contributed by atoms with Crippen molar-refractivity contribution in [1.82, 2.24) is 26.2 Å². The van der Waals surface area contributed by atoms with Gasteiger partial charge in [-0.15, -0.1) is 0 Å². The Balaban J connectivity index is 1.43. The van der Waals surface area contributed by atoms with Crippen LogP contribution in [0.25, 0.3) is 10.8 Å². The molecular weight excluding hydrogens is 651 g/mol. The summed E-state index contributed by atoms with van der Waals surface area (Å²) < 4.78 is 0. The van der Waals surface area contributed by atoms with Crippen LogP contribution in [0.1, 0.15) is 63.5 Å². The number of hydrogen-bond acceptors (Lipinski definition) is 6. The number of unbranched alkanes of at least 4 members (excludes halogenated alkanes) is 2. The van der Waals surface area contributed by atoms with Crippen LogP contribution in [0.4, 0.5) is 0 Å². The summed E-state index contributed by atoms with van der Waals surface area (Å²) >= 11 is 4.13. The fourth-order valence-electron chi connectivity index (χ4n) is 6.71. The summed E-state index contributed by atoms with van der Waals surface area (Å²) in [5.74, 6) is -0.845. The highest BCUT2D eigenvalue weighted by molar-refractivity contribution is 7.80. The fraction of sp³-hybridized carbons (Fsp3) is 0.462. The minimum atomic E-state index is -0.795. The van der Waals surface area contributed by atoms with Gasteiger partial charge in [0.25, 0.3) is 0 Å². The number of likely N-dealkylation sites (tertiary alicyclic amines) is 1. The van der Waals surface area contributed by atoms with Crippen LogP contribution in [-0.4, -0.2) is 78.5 Å². The molecule has 50 heavy (non-hydrogen) atoms. The minimum Gasteiger partial charge on any atom is -0.356 e. The third-order valence-electron chi connectivity index (χ3n) is 9.24. The molecule has 1 unspecified atom stereocenters. The number of fused-ring (bicyclic) bond motifs is 1. The predicted octanol–water partition coefficient (Wildman–Crippen LogP) is 3.97. The number of benzene rings is 3. The minimum absolute atomic E-state index is 0.0519. The monoisotopic (exact) mass is 701 g/mol. The molecule has 0 radical (unpaired) electrons. The normalized spacial score (nSPS) is 17.0. The first-order valence-electron chi connectivity index (χ1n) is 17.7. The summed E-state index contributed by atoms with van der Waals surface area (Å²) in [6.45, 7) is 4.96. The van der Waals surface area contributed by atoms with Crippen LogP contribution in [0.3, 0.4) is 0 Å². The van der Waals surface area contributed by atoms with Crippen LogP contribution < -0.4 is 21.3 Å². The summed E-state index contributed by atoms with van der Waals surface area (Å²) in [6, 6.07) is 22.5. The second-order valence-corrected chi connectivity index (χ2v) is 13.6. The van der Waals surface area contributed by atoms with Crippen LogP contribution in [0.5, 0.6) is 0 Å². The standard InChI is InChI=1S/C39H51N5O5S/c1-3-40-38(49)39(25-29-13-6-4-7-14-29)20-12-22-44(27-39)37(48)33(24-30-18-19-31-15-9-10-16-32(31)23-30)43-35(46)17-8-5-11-21-41-36(47)34(26-50)42-28(2)45/h4,6-7,9-10,13-16,18-19,23,33-34,50H,3,5,8,11-12,17,20-22,24-27H2,1-2H3,(H,40,49)(H,41,47)(H,42,45)(H,43,46)/t33-,34?,39+/m1/s1. The van der Waals surface area contributed by atoms with Crippen molar-refractivity contribution in [2.45, 2.75) is 77.3 Å². The first kappa shape index (κ1) is 38.4. The summed E-state index contributed by atoms with van der Waals surface area (Å²) in [7, 11) is 0. The Morgan fingerprint density at radius 2 is 1.58 bits per heavy atom. The van der Waals surface area contributed by atoms with E-state index >= 15 is 0 Å². The van der Waals surface area contributed by atoms with Crippen LogP contribution in [0.15, 0.2) is 72.8 Å². The number of hydrogen-bond donors (Lipinski definition) is 5. The molecule has 4 N–H and O–H groups in total. The summed E-state index contributed by atoms with van der Waals surface area (Å²) in [6.07, 6.45) is 4.38. The Kier molecular flexibility index (Phi) is 14.7. The lowest BCUT2D eigenvalue weighted by Crippen LogP contribution is -2.58. The van der Waals surface area contributed by atoms with E-state index in [1.807, 2.05) is 73.7 Å². The summed E-state index contributed by atoms with van der Waals surface area (Å²) in [5.41, 5.74) is 1.21. The average Bonchev–Trinajstić information content (AvgIpc) is 3.11. The Morgan fingerprint density at radius 3 is 2.30 bits per heavy atom. The summed E-state index contributed by atoms with van der Waals surface area (Å²) in [4.78, 5) is 66.7. The number of carbonyl (C=O) groups is 5. The van der Waals surface area contributed by atoms with E-state index in [1.54, 1.807) is 4.90 Å². The van der Waals surface area contributed by atoms with E-state index in [9.17, 15) is 24.0 Å². The van der Waals surface area contributed by atoms with Crippen molar-refractivity contribution >= 4 is 52.9 Å². The van der Waals surface area contributed by atoms with Gasteiger partial charge in [0.15, 0.2) is 0 Å². The molecule has 1 saturated heterocycles. The predicted molar refractivity (Wildman–Crippen MR) is 200 cm³/mol. The van der Waals surface area contributed by atoms with E-state index in [-0.39, 0.29) is 48.3 Å². The number of amides is 5. The van der Waals surface area contributed by atoms with Crippen molar-refractivity contribution in [1.29, 1.82) is 0 Å². The Morgan fingerprint density at radius 1 is 0.840 bits per heavy atom. The van der Waals surface area contributed by atoms with Gasteiger partial charge in [-0.2, -0.15) is 12.6 Å². The number of carbonyl (C=O) groups excluding carboxylic acids is 5. The molecule has 11 heteroatoms. The largest absolute Gasteiger partial charge is 0.356 e. The van der Waals surface area contributed by atoms with Gasteiger partial charge in [0.1, 0.15) is 12.1 Å². The molecule has 5 amide bonds. The van der Waals surface area contributed by atoms with Gasteiger partial charge < -0.3 is 26.2 Å². The molecule has 0 spiro atoms. The Hall–Kier alpha value is -4.38. The molecular formula is C39H51N5O5S. The molecule has 1 fully saturated rings. The SMILES string of the molecule is CCNC(=O)[C@]1(Cc2ccccc2)CCCN(C(=O)[C@@H](Cc2ccc3ccccc3c2)NC(=O)CCCCCNC(=O)C(CS)NC(C)=O)C1. The zero-order valence-corrected chi connectivity index (χ0v) is 30.1. The lowest BCUT2D eigenvalue weighted by molar-refractivity contribution is -0.144. The van der Waals surface area contributed by atoms with Crippen LogP contribution in [0, 0.1) is 5.41 Å². The molecule has 268 valence electrons. The third-order valence-corrected chi connectivity index (χ3v) is 9.60. The first-order valence-corrected chi connectivity index (χ1v) is 18.3. The molecule has 3 aromatic carbocycles. The highest BCUT2D eigenvalue weighted by atomic mass is 32.1. The quantitative estimate of drug-likeness (QED) is 0.107. The van der Waals surface area contributed by atoms with Gasteiger partial charge in [0, 0.05) is 51.7 Å². The van der Waals surface area contributed by atoms with E-state index in [1.165, 1.54) is 6.92 Å². The van der Waals surface area contributed by atoms with Gasteiger partial charge in [0.05, 0.1) is 5.41 Å². The zero-order valence-electron chi connectivity index (χ0n) is 29.2. The van der Waals surface area contributed by atoms with E-state index < -0.39 is 17.5 Å². The van der Waals surface area contributed by atoms with Crippen LogP contribution >= 0.6 is 12.6 Å². The first-order chi connectivity index (χ1) is 24.1. The molecule has 1 aliphatic rings. The van der Waals surface area contributed by atoms with Gasteiger partial charge >= 0.3 is 0 Å². The average molecular weight is 702 g/mol. The van der Waals surface area contributed by atoms with E-state index in [4.69, 9.17) is 0 Å². The topological polar surface area (TPSA) is 137 Å². The van der Waals surface area contributed by atoms with Gasteiger partial charge in [-0.25, -0.2) is 0 Å². The van der Waals surface area contributed by atoms with E-state index in [0.717, 1.165) is 21.9 Å². The number of piperidine rings is 1. The number of thiol groups is 1. The maximum Gasteiger partial charge on any atom is 0.245 e. The number of rotatable bonds is 17. The Bertz CT molecular complexity index is 1620. The highest BCUT2D eigenvalue weighted by Gasteiger charge is 2.44. The van der Waals surface area contributed by atoms with Crippen molar-refractivity contribution in [3.8, 4) is 0 Å². The highest BCUT2D eigenvalue weighted by Crippen LogP contribution is 2.35. The molecule has 1 heterocycles. The molecule has 4 rings (SSSR count). The Labute approximate surface area is 300 Å². The zero-order chi connectivity index (χ0) is 35.9. The van der Waals surface area contributed by atoms with Crippen LogP contribution in [-0.2, 0) is 36.8 Å². The lowest BCUT2D eigenvalue weighted by Gasteiger charge is -2.43. The molecule has 0 aromatic heterocycles. The molecule has 0 saturated carbocycles. The van der Waals surface area contributed by atoms with Gasteiger partial charge in [-0.05, 0) is 60.9 Å². The van der Waals surface area contributed by atoms with Crippen molar-refractivity contribution in [3.63, 3.8) is 0 Å². The van der Waals surface area contributed by atoms with Gasteiger partial charge in [0.2, 0.25) is 29.5 Å². The van der Waals surface area contributed by atoms with Crippen molar-refractivity contribution in [3.05, 3.63) is 83.9 Å². The van der Waals surface area contributed by atoms with Gasteiger partial charge in [-0.3, -0.25) is 24.0 Å². The van der Waals surface area contributed by atoms with Crippen molar-refractivity contribution in [2.75, 3.05) is 31.9 Å². The molecule has 3 aromatic rings. The maximum atomic E-state index is 14.4. The summed E-state index contributed by atoms with van der Waals surface area (Å²) in [5, 5.41) is 13.6. The van der Waals surface area contributed by atoms with Crippen molar-refractivity contribution in [2.24, 2.45) is 5.41 Å². The van der Waals surface area contributed by atoms with E-state index in [0.29, 0.717) is 64.6 Å². The molecule has 0 bridgehead atoms. The third kappa shape index (κ3) is 11.1. The number of nitrogens with one attached hydrogen (secondary N) is 4. The molecule has 0 aliphatic carbocycles. The molecule has 10 nitrogen and oxygen atoms in total. The number of nitrogens with zero attached hydrogens (tertiary/aromatic N) is 1.